The van der Waals surface area contributed by atoms with Gasteiger partial charge in [-0.25, -0.2) is 4.79 Å². The SMILES string of the molecule is C=CCC[C@H]1[C@@H](CCC)[C@H]1COC(=O)NCCCC[C@H](NC(=O)[C@@H]1CSSC[C@H](NC(=O)[C@@H]2CCCN2C(=O)[C@H](CCCNC(=N)N)NC(=O)[C@@H]2CCC(=O)N2)C(=O)N[C@@H](CC(C)C)C(=O)N[C@@H](CO)C(=O)N1)C(=O)NCC(=O)N1CCC[C@H]1C(=O)N[C@H](CCCC)C(=O)NCCc1ccccc1. The van der Waals surface area contributed by atoms with Gasteiger partial charge in [-0.3, -0.25) is 62.9 Å². The first-order chi connectivity index (χ1) is 49.5. The highest BCUT2D eigenvalue weighted by molar-refractivity contribution is 8.76. The van der Waals surface area contributed by atoms with Crippen LogP contribution in [0.25, 0.3) is 0 Å². The van der Waals surface area contributed by atoms with Gasteiger partial charge >= 0.3 is 6.09 Å². The number of aliphatic hydroxyl groups excluding tert-OH is 1. The van der Waals surface area contributed by atoms with Crippen LogP contribution in [0, 0.1) is 29.1 Å². The number of nitrogens with two attached hydrogens (primary N) is 1. The van der Waals surface area contributed by atoms with Gasteiger partial charge in [0.25, 0.3) is 0 Å². The summed E-state index contributed by atoms with van der Waals surface area (Å²) in [5, 5.41) is 50.6. The minimum atomic E-state index is -1.67. The number of benzene rings is 1. The van der Waals surface area contributed by atoms with Crippen molar-refractivity contribution < 1.29 is 72.2 Å². The van der Waals surface area contributed by atoms with Gasteiger partial charge in [-0.2, -0.15) is 0 Å². The van der Waals surface area contributed by atoms with Crippen molar-refractivity contribution in [2.75, 3.05) is 64.0 Å². The number of alkyl carbamates (subject to hydrolysis) is 1. The van der Waals surface area contributed by atoms with E-state index >= 15 is 0 Å². The fourth-order valence-electron chi connectivity index (χ4n) is 13.4. The molecule has 4 heterocycles. The summed E-state index contributed by atoms with van der Waals surface area (Å²) in [6, 6.07) is -2.61. The minimum absolute atomic E-state index is 0.0331. The summed E-state index contributed by atoms with van der Waals surface area (Å²) in [5.41, 5.74) is 6.50. The first kappa shape index (κ1) is 83.7. The third-order valence-corrected chi connectivity index (χ3v) is 21.5. The molecule has 0 spiro atoms. The molecule has 6 rings (SSSR count). The van der Waals surface area contributed by atoms with Crippen LogP contribution in [0.5, 0.6) is 0 Å². The standard InChI is InChI=1S/C70H110N16O15S2/c1-6-9-22-45-44(19-8-3)46(45)39-101-70(100)75-31-15-14-24-48(60(91)76-37-58(89)85-34-17-26-55(85)66(97)79-47(23-10-7-2)59(90)73-33-30-43-20-12-11-13-21-43)78-64(95)53-40-102-103-41-54(65(96)81-51(36-42(4)5)62(93)82-52(38-87)63(94)83-53)84-67(98)56-27-18-35-86(56)68(99)50(25-16-32-74-69(71)72)80-61(92)49-28-29-57(88)77-49/h6,11-13,20-21,42,44-56,87H,1,7-10,14-19,22-41H2,2-5H3,(H,73,90)(H,75,100)(H,76,91)(H,77,88)(H,78,95)(H,79,97)(H,80,92)(H,81,96)(H,82,93)(H,83,94)(H,84,98)(H4,71,72,74)/t44-,45+,46-,47-,48+,49+,50+,51+,52+,53+,54+,55+,56+/m1/s1. The van der Waals surface area contributed by atoms with Crippen molar-refractivity contribution in [3.8, 4) is 0 Å². The topological polar surface area (TPSA) is 452 Å². The highest BCUT2D eigenvalue weighted by Gasteiger charge is 2.49. The quantitative estimate of drug-likeness (QED) is 0.0141. The van der Waals surface area contributed by atoms with Gasteiger partial charge in [0.15, 0.2) is 5.96 Å². The molecule has 33 heteroatoms. The number of amides is 13. The largest absolute Gasteiger partial charge is 0.449 e. The molecule has 31 nitrogen and oxygen atoms in total. The highest BCUT2D eigenvalue weighted by atomic mass is 33.1. The summed E-state index contributed by atoms with van der Waals surface area (Å²) in [6.07, 6.45) is 10.0. The molecule has 16 N–H and O–H groups in total. The molecule has 1 aromatic rings. The van der Waals surface area contributed by atoms with Crippen LogP contribution in [0.15, 0.2) is 43.0 Å². The van der Waals surface area contributed by atoms with Gasteiger partial charge in [-0.1, -0.05) is 111 Å². The van der Waals surface area contributed by atoms with Crippen molar-refractivity contribution in [1.82, 2.24) is 73.6 Å². The lowest BCUT2D eigenvalue weighted by molar-refractivity contribution is -0.142. The third-order valence-electron chi connectivity index (χ3n) is 19.1. The van der Waals surface area contributed by atoms with Crippen molar-refractivity contribution in [2.45, 2.75) is 217 Å². The number of ether oxygens (including phenoxy) is 1. The normalized spacial score (nSPS) is 23.7. The lowest BCUT2D eigenvalue weighted by Gasteiger charge is -2.31. The van der Waals surface area contributed by atoms with E-state index in [1.54, 1.807) is 13.8 Å². The number of carbonyl (C=O) groups excluding carboxylic acids is 13. The predicted octanol–water partition coefficient (Wildman–Crippen LogP) is 0.528. The van der Waals surface area contributed by atoms with E-state index in [1.165, 1.54) is 9.80 Å². The number of carbonyl (C=O) groups is 13. The summed E-state index contributed by atoms with van der Waals surface area (Å²) in [5.74, 6) is -7.89. The molecule has 0 bridgehead atoms. The molecule has 1 aliphatic carbocycles. The van der Waals surface area contributed by atoms with Crippen LogP contribution in [0.3, 0.4) is 0 Å². The number of nitrogens with one attached hydrogen (secondary N) is 13. The van der Waals surface area contributed by atoms with Crippen LogP contribution in [-0.4, -0.2) is 222 Å². The highest BCUT2D eigenvalue weighted by Crippen LogP contribution is 2.52. The molecule has 13 amide bonds. The van der Waals surface area contributed by atoms with Gasteiger partial charge in [0.2, 0.25) is 70.9 Å². The molecule has 0 radical (unpaired) electrons. The van der Waals surface area contributed by atoms with Gasteiger partial charge in [0, 0.05) is 50.7 Å². The van der Waals surface area contributed by atoms with E-state index in [4.69, 9.17) is 15.9 Å². The van der Waals surface area contributed by atoms with E-state index in [-0.39, 0.29) is 125 Å². The Hall–Kier alpha value is -8.20. The van der Waals surface area contributed by atoms with Crippen LogP contribution in [0.2, 0.25) is 0 Å². The van der Waals surface area contributed by atoms with Crippen LogP contribution in [-0.2, 0) is 68.7 Å². The minimum Gasteiger partial charge on any atom is -0.449 e. The zero-order valence-corrected chi connectivity index (χ0v) is 61.6. The van der Waals surface area contributed by atoms with Gasteiger partial charge < -0.3 is 89.2 Å². The zero-order chi connectivity index (χ0) is 75.0. The molecule has 4 saturated heterocycles. The second-order valence-electron chi connectivity index (χ2n) is 27.4. The smallest absolute Gasteiger partial charge is 0.407 e. The van der Waals surface area contributed by atoms with Crippen molar-refractivity contribution >= 4 is 105 Å². The van der Waals surface area contributed by atoms with Crippen molar-refractivity contribution in [2.24, 2.45) is 29.4 Å². The molecule has 5 aliphatic rings. The number of rotatable bonds is 38. The average Bonchev–Trinajstić information content (AvgIpc) is 1.65. The number of allylic oxidation sites excluding steroid dienone is 1. The summed E-state index contributed by atoms with van der Waals surface area (Å²) in [4.78, 5) is 183. The van der Waals surface area contributed by atoms with Crippen LogP contribution in [0.4, 0.5) is 4.79 Å². The zero-order valence-electron chi connectivity index (χ0n) is 59.9. The maximum absolute atomic E-state index is 14.7. The van der Waals surface area contributed by atoms with Crippen molar-refractivity contribution in [3.63, 3.8) is 0 Å². The van der Waals surface area contributed by atoms with E-state index in [9.17, 15) is 67.4 Å². The second-order valence-corrected chi connectivity index (χ2v) is 30.0. The number of hydrogen-bond acceptors (Lipinski definition) is 18. The van der Waals surface area contributed by atoms with E-state index in [0.29, 0.717) is 63.3 Å². The third kappa shape index (κ3) is 27.4. The van der Waals surface area contributed by atoms with Crippen LogP contribution in [0.1, 0.15) is 155 Å². The molecule has 0 unspecified atom stereocenters. The first-order valence-corrected chi connectivity index (χ1v) is 39.0. The Morgan fingerprint density at radius 3 is 1.96 bits per heavy atom. The molecule has 13 atom stereocenters. The molecule has 1 saturated carbocycles. The van der Waals surface area contributed by atoms with E-state index in [1.807, 2.05) is 43.3 Å². The Bertz CT molecular complexity index is 3080. The first-order valence-electron chi connectivity index (χ1n) is 36.5. The Morgan fingerprint density at radius 1 is 0.670 bits per heavy atom. The Morgan fingerprint density at radius 2 is 1.29 bits per heavy atom. The number of unbranched alkanes of at least 4 members (excludes halogenated alkanes) is 2. The molecule has 0 aromatic heterocycles. The number of nitrogens with zero attached hydrogens (tertiary/aromatic N) is 2. The Kier molecular flexibility index (Phi) is 35.6. The van der Waals surface area contributed by atoms with Crippen LogP contribution >= 0.6 is 21.6 Å². The van der Waals surface area contributed by atoms with Gasteiger partial charge in [0.05, 0.1) is 19.8 Å². The second kappa shape index (κ2) is 43.8. The van der Waals surface area contributed by atoms with E-state index in [2.05, 4.69) is 77.3 Å². The fourth-order valence-corrected chi connectivity index (χ4v) is 15.7. The summed E-state index contributed by atoms with van der Waals surface area (Å²) in [7, 11) is 2.02. The van der Waals surface area contributed by atoms with Crippen LogP contribution < -0.4 is 69.5 Å². The number of likely N-dealkylation sites (tertiary alicyclic amines) is 2. The van der Waals surface area contributed by atoms with Gasteiger partial charge in [-0.15, -0.1) is 6.58 Å². The number of aliphatic hydroxyl groups is 1. The van der Waals surface area contributed by atoms with Crippen molar-refractivity contribution in [3.05, 3.63) is 48.6 Å². The Balaban J connectivity index is 1.17. The molecular formula is C70H110N16O15S2. The maximum atomic E-state index is 14.7. The summed E-state index contributed by atoms with van der Waals surface area (Å²) in [6.45, 7) is 11.2. The summed E-state index contributed by atoms with van der Waals surface area (Å²) >= 11 is 0. The van der Waals surface area contributed by atoms with E-state index < -0.39 is 139 Å². The molecule has 103 heavy (non-hydrogen) atoms. The molecule has 5 fully saturated rings. The lowest BCUT2D eigenvalue weighted by Crippen LogP contribution is -2.61. The predicted molar refractivity (Wildman–Crippen MR) is 388 cm³/mol. The Labute approximate surface area is 611 Å². The van der Waals surface area contributed by atoms with Gasteiger partial charge in [-0.05, 0) is 126 Å². The number of hydrogen-bond donors (Lipinski definition) is 15. The number of guanidine groups is 1. The summed E-state index contributed by atoms with van der Waals surface area (Å²) < 4.78 is 5.62. The van der Waals surface area contributed by atoms with E-state index in [0.717, 1.165) is 59.3 Å². The lowest BCUT2D eigenvalue weighted by atomic mass is 10.0. The molecule has 4 aliphatic heterocycles. The molecule has 572 valence electrons. The van der Waals surface area contributed by atoms with Gasteiger partial charge in [0.1, 0.15) is 60.4 Å². The molecule has 1 aromatic carbocycles. The van der Waals surface area contributed by atoms with Crippen molar-refractivity contribution in [1.29, 1.82) is 5.41 Å². The maximum Gasteiger partial charge on any atom is 0.407 e. The monoisotopic (exact) mass is 1480 g/mol. The average molecular weight is 1480 g/mol. The fraction of sp³-hybridized carbons (Fsp3) is 0.686. The molecular weight excluding hydrogens is 1370 g/mol.